The summed E-state index contributed by atoms with van der Waals surface area (Å²) in [6, 6.07) is 6.80. The molecule has 118 valence electrons. The van der Waals surface area contributed by atoms with Gasteiger partial charge < -0.3 is 10.6 Å². The van der Waals surface area contributed by atoms with Crippen molar-refractivity contribution < 1.29 is 13.2 Å². The topological polar surface area (TPSA) is 75.3 Å². The molecule has 1 aromatic carbocycles. The quantitative estimate of drug-likeness (QED) is 0.803. The van der Waals surface area contributed by atoms with Gasteiger partial charge in [-0.2, -0.15) is 0 Å². The maximum Gasteiger partial charge on any atom is 0.221 e. The highest BCUT2D eigenvalue weighted by Gasteiger charge is 2.11. The average molecular weight is 312 g/mol. The number of hydrogen-bond acceptors (Lipinski definition) is 4. The Hall–Kier alpha value is -1.40. The molecule has 0 spiro atoms. The maximum absolute atomic E-state index is 11.8. The summed E-state index contributed by atoms with van der Waals surface area (Å²) >= 11 is 0. The van der Waals surface area contributed by atoms with E-state index in [9.17, 15) is 13.2 Å². The molecule has 5 nitrogen and oxygen atoms in total. The van der Waals surface area contributed by atoms with E-state index in [4.69, 9.17) is 0 Å². The Bertz CT molecular complexity index is 565. The van der Waals surface area contributed by atoms with Crippen LogP contribution in [0.5, 0.6) is 0 Å². The van der Waals surface area contributed by atoms with Crippen LogP contribution in [0.15, 0.2) is 29.2 Å². The van der Waals surface area contributed by atoms with Gasteiger partial charge in [0, 0.05) is 25.3 Å². The van der Waals surface area contributed by atoms with Crippen LogP contribution in [0, 0.1) is 0 Å². The summed E-state index contributed by atoms with van der Waals surface area (Å²) in [5, 5.41) is 6.09. The van der Waals surface area contributed by atoms with Gasteiger partial charge in [0.15, 0.2) is 9.84 Å². The van der Waals surface area contributed by atoms with Crippen molar-refractivity contribution in [3.8, 4) is 0 Å². The third-order valence-electron chi connectivity index (χ3n) is 3.09. The highest BCUT2D eigenvalue weighted by molar-refractivity contribution is 7.90. The van der Waals surface area contributed by atoms with Gasteiger partial charge in [0.1, 0.15) is 0 Å². The third kappa shape index (κ3) is 6.27. The van der Waals surface area contributed by atoms with Crippen LogP contribution in [0.1, 0.15) is 38.8 Å². The molecule has 0 aliphatic carbocycles. The van der Waals surface area contributed by atoms with E-state index >= 15 is 0 Å². The molecule has 0 fully saturated rings. The molecule has 6 heteroatoms. The molecule has 1 unspecified atom stereocenters. The summed E-state index contributed by atoms with van der Waals surface area (Å²) in [5.41, 5.74) is 0.882. The van der Waals surface area contributed by atoms with E-state index in [1.165, 1.54) is 6.26 Å². The molecule has 0 heterocycles. The van der Waals surface area contributed by atoms with Crippen molar-refractivity contribution in [3.63, 3.8) is 0 Å². The smallest absolute Gasteiger partial charge is 0.221 e. The van der Waals surface area contributed by atoms with Crippen LogP contribution in [0.4, 0.5) is 0 Å². The Balaban J connectivity index is 2.55. The molecule has 0 bridgehead atoms. The van der Waals surface area contributed by atoms with Gasteiger partial charge in [-0.1, -0.05) is 26.0 Å². The zero-order chi connectivity index (χ0) is 16.0. The second kappa shape index (κ2) is 7.56. The molecular formula is C15H24N2O3S. The number of sulfone groups is 1. The summed E-state index contributed by atoms with van der Waals surface area (Å²) in [6.07, 6.45) is 1.60. The van der Waals surface area contributed by atoms with Crippen LogP contribution in [-0.2, 0) is 14.6 Å². The minimum absolute atomic E-state index is 0.0251. The third-order valence-corrected chi connectivity index (χ3v) is 4.22. The first-order valence-electron chi connectivity index (χ1n) is 7.03. The lowest BCUT2D eigenvalue weighted by molar-refractivity contribution is -0.121. The van der Waals surface area contributed by atoms with Crippen molar-refractivity contribution in [2.75, 3.05) is 12.8 Å². The van der Waals surface area contributed by atoms with Crippen LogP contribution < -0.4 is 10.6 Å². The summed E-state index contributed by atoms with van der Waals surface area (Å²) in [7, 11) is -3.18. The first-order valence-corrected chi connectivity index (χ1v) is 8.92. The highest BCUT2D eigenvalue weighted by Crippen LogP contribution is 2.16. The summed E-state index contributed by atoms with van der Waals surface area (Å²) < 4.78 is 22.8. The van der Waals surface area contributed by atoms with E-state index in [0.29, 0.717) is 19.0 Å². The van der Waals surface area contributed by atoms with Crippen molar-refractivity contribution >= 4 is 15.7 Å². The van der Waals surface area contributed by atoms with Crippen LogP contribution in [-0.4, -0.2) is 33.2 Å². The molecule has 0 saturated heterocycles. The van der Waals surface area contributed by atoms with Gasteiger partial charge in [-0.3, -0.25) is 4.79 Å². The molecule has 0 saturated carbocycles. The van der Waals surface area contributed by atoms with Crippen LogP contribution in [0.25, 0.3) is 0 Å². The lowest BCUT2D eigenvalue weighted by Crippen LogP contribution is -2.31. The van der Waals surface area contributed by atoms with Gasteiger partial charge in [-0.05, 0) is 24.6 Å². The summed E-state index contributed by atoms with van der Waals surface area (Å²) in [6.45, 7) is 6.58. The maximum atomic E-state index is 11.8. The number of carbonyl (C=O) groups excluding carboxylic acids is 1. The largest absolute Gasteiger partial charge is 0.350 e. The van der Waals surface area contributed by atoms with Gasteiger partial charge in [0.05, 0.1) is 10.9 Å². The van der Waals surface area contributed by atoms with Crippen LogP contribution in [0.2, 0.25) is 0 Å². The van der Waals surface area contributed by atoms with E-state index in [1.54, 1.807) is 24.3 Å². The van der Waals surface area contributed by atoms with Crippen molar-refractivity contribution in [2.24, 2.45) is 0 Å². The molecule has 1 aromatic rings. The summed E-state index contributed by atoms with van der Waals surface area (Å²) in [5.74, 6) is -0.0251. The van der Waals surface area contributed by atoms with Gasteiger partial charge in [-0.15, -0.1) is 0 Å². The lowest BCUT2D eigenvalue weighted by Gasteiger charge is -2.15. The molecule has 1 rings (SSSR count). The van der Waals surface area contributed by atoms with E-state index < -0.39 is 9.84 Å². The Morgan fingerprint density at radius 3 is 2.19 bits per heavy atom. The van der Waals surface area contributed by atoms with Gasteiger partial charge >= 0.3 is 0 Å². The van der Waals surface area contributed by atoms with E-state index in [1.807, 2.05) is 20.8 Å². The van der Waals surface area contributed by atoms with Crippen molar-refractivity contribution in [3.05, 3.63) is 29.8 Å². The fraction of sp³-hybridized carbons (Fsp3) is 0.533. The van der Waals surface area contributed by atoms with E-state index in [-0.39, 0.29) is 16.8 Å². The molecule has 1 amide bonds. The fourth-order valence-electron chi connectivity index (χ4n) is 1.88. The van der Waals surface area contributed by atoms with Crippen molar-refractivity contribution in [1.82, 2.24) is 10.6 Å². The van der Waals surface area contributed by atoms with Gasteiger partial charge in [0.2, 0.25) is 5.91 Å². The molecule has 2 N–H and O–H groups in total. The number of rotatable bonds is 7. The predicted octanol–water partition coefficient (Wildman–Crippen LogP) is 1.66. The Labute approximate surface area is 127 Å². The average Bonchev–Trinajstić information content (AvgIpc) is 2.37. The van der Waals surface area contributed by atoms with Crippen molar-refractivity contribution in [2.45, 2.75) is 44.2 Å². The number of benzene rings is 1. The molecule has 21 heavy (non-hydrogen) atoms. The number of carbonyl (C=O) groups is 1. The van der Waals surface area contributed by atoms with Crippen LogP contribution >= 0.6 is 0 Å². The lowest BCUT2D eigenvalue weighted by atomic mass is 10.1. The van der Waals surface area contributed by atoms with Crippen molar-refractivity contribution in [1.29, 1.82) is 0 Å². The number of hydrogen-bond donors (Lipinski definition) is 2. The van der Waals surface area contributed by atoms with Gasteiger partial charge in [0.25, 0.3) is 0 Å². The first kappa shape index (κ1) is 17.7. The first-order chi connectivity index (χ1) is 9.70. The normalized spacial score (nSPS) is 13.2. The van der Waals surface area contributed by atoms with Crippen LogP contribution in [0.3, 0.4) is 0 Å². The zero-order valence-corrected chi connectivity index (χ0v) is 13.8. The molecule has 0 radical (unpaired) electrons. The molecule has 0 aromatic heterocycles. The molecule has 1 atom stereocenters. The Morgan fingerprint density at radius 2 is 1.71 bits per heavy atom. The van der Waals surface area contributed by atoms with E-state index in [0.717, 1.165) is 5.56 Å². The zero-order valence-electron chi connectivity index (χ0n) is 13.0. The SMILES string of the molecule is CC(C)NCCC(=O)NC(C)c1ccc(S(C)(=O)=O)cc1. The predicted molar refractivity (Wildman–Crippen MR) is 83.9 cm³/mol. The minimum atomic E-state index is -3.18. The number of nitrogens with one attached hydrogen (secondary N) is 2. The van der Waals surface area contributed by atoms with Gasteiger partial charge in [-0.25, -0.2) is 8.42 Å². The summed E-state index contributed by atoms with van der Waals surface area (Å²) in [4.78, 5) is 12.1. The molecular weight excluding hydrogens is 288 g/mol. The molecule has 0 aliphatic heterocycles. The molecule has 0 aliphatic rings. The highest BCUT2D eigenvalue weighted by atomic mass is 32.2. The second-order valence-electron chi connectivity index (χ2n) is 5.49. The van der Waals surface area contributed by atoms with E-state index in [2.05, 4.69) is 10.6 Å². The minimum Gasteiger partial charge on any atom is -0.350 e. The monoisotopic (exact) mass is 312 g/mol. The Morgan fingerprint density at radius 1 is 1.14 bits per heavy atom. The standard InChI is InChI=1S/C15H24N2O3S/c1-11(2)16-10-9-15(18)17-12(3)13-5-7-14(8-6-13)21(4,19)20/h5-8,11-12,16H,9-10H2,1-4H3,(H,17,18). The second-order valence-corrected chi connectivity index (χ2v) is 7.50. The Kier molecular flexibility index (Phi) is 6.36. The number of amides is 1. The fourth-order valence-corrected chi connectivity index (χ4v) is 2.51.